The average molecular weight is 456 g/mol. The van der Waals surface area contributed by atoms with Crippen molar-refractivity contribution in [3.8, 4) is 0 Å². The summed E-state index contributed by atoms with van der Waals surface area (Å²) < 4.78 is 5.22. The third kappa shape index (κ3) is 4.04. The molecule has 0 unspecified atom stereocenters. The minimum absolute atomic E-state index is 0.0718. The number of aliphatic carboxylic acids is 2. The van der Waals surface area contributed by atoms with Gasteiger partial charge in [0.15, 0.2) is 6.73 Å². The molecular weight excluding hydrogens is 433 g/mol. The molecule has 0 spiro atoms. The quantitative estimate of drug-likeness (QED) is 0.579. The number of benzene rings is 1. The minimum Gasteiger partial charge on any atom is -0.478 e. The van der Waals surface area contributed by atoms with Crippen molar-refractivity contribution >= 4 is 41.1 Å². The van der Waals surface area contributed by atoms with Crippen LogP contribution < -0.4 is 0 Å². The summed E-state index contributed by atoms with van der Waals surface area (Å²) in [6, 6.07) is 4.67. The average Bonchev–Trinajstić information content (AvgIpc) is 2.63. The smallest absolute Gasteiger partial charge is 0.334 e. The van der Waals surface area contributed by atoms with E-state index in [1.165, 1.54) is 31.7 Å². The highest BCUT2D eigenvalue weighted by molar-refractivity contribution is 6.42. The molecule has 9 heteroatoms. The number of halogens is 2. The van der Waals surface area contributed by atoms with Gasteiger partial charge in [-0.1, -0.05) is 42.3 Å². The molecule has 0 radical (unpaired) electrons. The van der Waals surface area contributed by atoms with E-state index in [4.69, 9.17) is 27.9 Å². The summed E-state index contributed by atoms with van der Waals surface area (Å²) in [5.41, 5.74) is -1.24. The van der Waals surface area contributed by atoms with E-state index in [1.807, 2.05) is 6.92 Å². The Morgan fingerprint density at radius 3 is 2.07 bits per heavy atom. The van der Waals surface area contributed by atoms with Crippen LogP contribution in [0.25, 0.3) is 0 Å². The van der Waals surface area contributed by atoms with E-state index in [0.717, 1.165) is 0 Å². The first-order valence-corrected chi connectivity index (χ1v) is 10.0. The first-order valence-electron chi connectivity index (χ1n) is 9.25. The number of hydrogen-bond acceptors (Lipinski definition) is 5. The summed E-state index contributed by atoms with van der Waals surface area (Å²) in [6.45, 7) is 6.09. The predicted molar refractivity (Wildman–Crippen MR) is 112 cm³/mol. The number of nitrogens with zero attached hydrogens (tertiary/aromatic N) is 1. The number of hydrogen-bond donors (Lipinski definition) is 2. The van der Waals surface area contributed by atoms with Crippen molar-refractivity contribution in [1.29, 1.82) is 0 Å². The maximum Gasteiger partial charge on any atom is 0.334 e. The lowest BCUT2D eigenvalue weighted by Crippen LogP contribution is -2.44. The zero-order valence-electron chi connectivity index (χ0n) is 17.1. The van der Waals surface area contributed by atoms with E-state index in [9.17, 15) is 24.6 Å². The number of carbonyl (C=O) groups excluding carboxylic acids is 1. The van der Waals surface area contributed by atoms with Crippen molar-refractivity contribution in [1.82, 2.24) is 4.90 Å². The fourth-order valence-electron chi connectivity index (χ4n) is 3.87. The Morgan fingerprint density at radius 1 is 1.07 bits per heavy atom. The van der Waals surface area contributed by atoms with Gasteiger partial charge in [0, 0.05) is 17.8 Å². The van der Waals surface area contributed by atoms with Crippen LogP contribution in [-0.4, -0.2) is 39.8 Å². The Morgan fingerprint density at radius 2 is 1.60 bits per heavy atom. The van der Waals surface area contributed by atoms with Crippen LogP contribution in [0.15, 0.2) is 40.7 Å². The molecule has 0 saturated carbocycles. The Bertz CT molecular complexity index is 928. The molecule has 0 bridgehead atoms. The monoisotopic (exact) mass is 455 g/mol. The highest BCUT2D eigenvalue weighted by Crippen LogP contribution is 2.49. The normalized spacial score (nSPS) is 16.0. The van der Waals surface area contributed by atoms with Crippen molar-refractivity contribution < 1.29 is 29.3 Å². The van der Waals surface area contributed by atoms with Crippen molar-refractivity contribution in [2.24, 2.45) is 0 Å². The van der Waals surface area contributed by atoms with Gasteiger partial charge in [0.05, 0.1) is 26.6 Å². The Hall–Kier alpha value is -2.51. The maximum atomic E-state index is 12.3. The van der Waals surface area contributed by atoms with Gasteiger partial charge in [-0.05, 0) is 38.8 Å². The second kappa shape index (κ2) is 9.10. The van der Waals surface area contributed by atoms with Crippen molar-refractivity contribution in [3.63, 3.8) is 0 Å². The lowest BCUT2D eigenvalue weighted by atomic mass is 9.67. The Balaban J connectivity index is 2.76. The van der Waals surface area contributed by atoms with Gasteiger partial charge >= 0.3 is 17.9 Å². The van der Waals surface area contributed by atoms with Crippen LogP contribution in [0, 0.1) is 0 Å². The van der Waals surface area contributed by atoms with Gasteiger partial charge in [-0.15, -0.1) is 0 Å². The third-order valence-corrected chi connectivity index (χ3v) is 6.08. The molecule has 7 nitrogen and oxygen atoms in total. The zero-order chi connectivity index (χ0) is 22.8. The van der Waals surface area contributed by atoms with Crippen molar-refractivity contribution in [3.05, 3.63) is 56.3 Å². The second-order valence-corrected chi connectivity index (χ2v) is 7.87. The van der Waals surface area contributed by atoms with Gasteiger partial charge in [-0.2, -0.15) is 0 Å². The number of rotatable bonds is 7. The minimum atomic E-state index is -1.60. The van der Waals surface area contributed by atoms with E-state index in [-0.39, 0.29) is 51.3 Å². The molecular formula is C21H23Cl2NO6. The number of carbonyl (C=O) groups is 3. The van der Waals surface area contributed by atoms with Gasteiger partial charge in [0.25, 0.3) is 0 Å². The van der Waals surface area contributed by atoms with Crippen LogP contribution in [0.5, 0.6) is 0 Å². The van der Waals surface area contributed by atoms with Crippen molar-refractivity contribution in [2.45, 2.75) is 46.0 Å². The van der Waals surface area contributed by atoms with Crippen LogP contribution in [-0.2, 0) is 24.5 Å². The summed E-state index contributed by atoms with van der Waals surface area (Å²) in [4.78, 5) is 37.8. The number of allylic oxidation sites excluding steroid dienone is 2. The lowest BCUT2D eigenvalue weighted by Gasteiger charge is -2.42. The second-order valence-electron chi connectivity index (χ2n) is 7.08. The van der Waals surface area contributed by atoms with Gasteiger partial charge in [0.1, 0.15) is 0 Å². The first-order chi connectivity index (χ1) is 14.0. The molecule has 0 amide bonds. The van der Waals surface area contributed by atoms with Gasteiger partial charge in [-0.25, -0.2) is 9.59 Å². The van der Waals surface area contributed by atoms with E-state index < -0.39 is 23.3 Å². The summed E-state index contributed by atoms with van der Waals surface area (Å²) in [5, 5.41) is 20.3. The highest BCUT2D eigenvalue weighted by atomic mass is 35.5. The zero-order valence-corrected chi connectivity index (χ0v) is 18.6. The molecule has 1 aromatic rings. The lowest BCUT2D eigenvalue weighted by molar-refractivity contribution is -0.147. The SMILES string of the molecule is CCCC(=O)OCN1C(C)=C(C(=O)O)C(C)(c2cccc(Cl)c2Cl)C(C(=O)O)=C1C. The van der Waals surface area contributed by atoms with E-state index >= 15 is 0 Å². The topological polar surface area (TPSA) is 104 Å². The molecule has 0 aromatic heterocycles. The van der Waals surface area contributed by atoms with Crippen LogP contribution in [0.2, 0.25) is 10.0 Å². The largest absolute Gasteiger partial charge is 0.478 e. The van der Waals surface area contributed by atoms with Crippen LogP contribution in [0.3, 0.4) is 0 Å². The molecule has 30 heavy (non-hydrogen) atoms. The number of carboxylic acids is 2. The van der Waals surface area contributed by atoms with Crippen molar-refractivity contribution in [2.75, 3.05) is 6.73 Å². The third-order valence-electron chi connectivity index (χ3n) is 5.26. The molecule has 2 N–H and O–H groups in total. The standard InChI is InChI=1S/C21H23Cl2NO6/c1-5-7-15(25)30-10-24-11(2)16(19(26)27)21(4,17(12(24)3)20(28)29)13-8-6-9-14(22)18(13)23/h6,8-9H,5,7,10H2,1-4H3,(H,26,27)(H,28,29). The van der Waals surface area contributed by atoms with E-state index in [0.29, 0.717) is 6.42 Å². The molecule has 1 aliphatic rings. The molecule has 1 heterocycles. The Kier molecular flexibility index (Phi) is 7.21. The molecule has 0 atom stereocenters. The number of esters is 1. The summed E-state index contributed by atoms with van der Waals surface area (Å²) in [7, 11) is 0. The summed E-state index contributed by atoms with van der Waals surface area (Å²) in [5.74, 6) is -3.09. The molecule has 0 aliphatic carbocycles. The highest BCUT2D eigenvalue weighted by Gasteiger charge is 2.49. The van der Waals surface area contributed by atoms with Crippen LogP contribution in [0.4, 0.5) is 0 Å². The number of ether oxygens (including phenoxy) is 1. The molecule has 2 rings (SSSR count). The van der Waals surface area contributed by atoms with Gasteiger partial charge in [-0.3, -0.25) is 4.79 Å². The molecule has 162 valence electrons. The molecule has 0 saturated heterocycles. The van der Waals surface area contributed by atoms with E-state index in [1.54, 1.807) is 12.1 Å². The van der Waals surface area contributed by atoms with Gasteiger partial charge in [0.2, 0.25) is 0 Å². The number of carboxylic acid groups (broad SMARTS) is 2. The van der Waals surface area contributed by atoms with Gasteiger partial charge < -0.3 is 19.8 Å². The van der Waals surface area contributed by atoms with Crippen LogP contribution in [0.1, 0.15) is 46.1 Å². The molecule has 0 fully saturated rings. The maximum absolute atomic E-state index is 12.3. The fourth-order valence-corrected chi connectivity index (χ4v) is 4.36. The molecule has 1 aliphatic heterocycles. The Labute approximate surface area is 184 Å². The van der Waals surface area contributed by atoms with Crippen LogP contribution >= 0.6 is 23.2 Å². The summed E-state index contributed by atoms with van der Waals surface area (Å²) >= 11 is 12.5. The first kappa shape index (κ1) is 23.8. The van der Waals surface area contributed by atoms with E-state index in [2.05, 4.69) is 0 Å². The fraction of sp³-hybridized carbons (Fsp3) is 0.381. The summed E-state index contributed by atoms with van der Waals surface area (Å²) in [6.07, 6.45) is 0.793. The molecule has 1 aromatic carbocycles. The predicted octanol–water partition coefficient (Wildman–Crippen LogP) is 4.58.